The molecule has 2 saturated heterocycles. The van der Waals surface area contributed by atoms with Crippen molar-refractivity contribution in [2.75, 3.05) is 14.1 Å². The van der Waals surface area contributed by atoms with Gasteiger partial charge in [-0.1, -0.05) is 47.5 Å². The highest BCUT2D eigenvalue weighted by Crippen LogP contribution is 2.34. The summed E-state index contributed by atoms with van der Waals surface area (Å²) in [6, 6.07) is 0.122. The van der Waals surface area contributed by atoms with Crippen molar-refractivity contribution < 1.29 is 24.1 Å². The largest absolute Gasteiger partial charge is 0.356 e. The monoisotopic (exact) mass is 520 g/mol. The van der Waals surface area contributed by atoms with E-state index in [9.17, 15) is 14.4 Å². The van der Waals surface area contributed by atoms with Gasteiger partial charge >= 0.3 is 0 Å². The average Bonchev–Trinajstić information content (AvgIpc) is 3.37. The molecule has 2 rings (SSSR count). The topological polar surface area (TPSA) is 100 Å². The van der Waals surface area contributed by atoms with Crippen LogP contribution in [0.25, 0.3) is 0 Å². The maximum absolute atomic E-state index is 11.7. The number of carbonyl (C=O) groups is 3. The molecule has 2 aliphatic rings. The van der Waals surface area contributed by atoms with E-state index in [0.717, 1.165) is 32.0 Å². The molecule has 9 heteroatoms. The minimum absolute atomic E-state index is 0. The molecule has 9 nitrogen and oxygen atoms in total. The molecule has 0 saturated carbocycles. The van der Waals surface area contributed by atoms with Gasteiger partial charge in [-0.3, -0.25) is 19.4 Å². The van der Waals surface area contributed by atoms with Gasteiger partial charge in [0.05, 0.1) is 24.2 Å². The van der Waals surface area contributed by atoms with Crippen molar-refractivity contribution in [3.05, 3.63) is 0 Å². The van der Waals surface area contributed by atoms with Crippen molar-refractivity contribution in [2.24, 2.45) is 11.8 Å². The molecular weight excluding hydrogens is 472 g/mol. The van der Waals surface area contributed by atoms with Gasteiger partial charge in [0.1, 0.15) is 30.1 Å². The number of rotatable bonds is 12. The van der Waals surface area contributed by atoms with Crippen molar-refractivity contribution in [1.29, 1.82) is 0 Å². The number of ketones is 2. The van der Waals surface area contributed by atoms with Crippen molar-refractivity contribution in [2.45, 2.75) is 110 Å². The quantitative estimate of drug-likeness (QED) is 0.228. The summed E-state index contributed by atoms with van der Waals surface area (Å²) in [6.45, 7) is 9.47. The first-order valence-corrected chi connectivity index (χ1v) is 12.8. The summed E-state index contributed by atoms with van der Waals surface area (Å²) in [5.41, 5.74) is 5.69. The second-order valence-electron chi connectivity index (χ2n) is 9.71. The SMILES string of the molecule is C.C#CONC(CC)[C@H]1[C@H](C=O)C[C@H](C(C)=O)N1C.C#CONC(CC)[C@H]1[C@H](CC)C[C@H](C(C)=O)N1C. The summed E-state index contributed by atoms with van der Waals surface area (Å²) in [7, 11) is 3.88. The van der Waals surface area contributed by atoms with E-state index in [-0.39, 0.29) is 55.1 Å². The molecule has 2 unspecified atom stereocenters. The molecule has 2 fully saturated rings. The summed E-state index contributed by atoms with van der Waals surface area (Å²) in [4.78, 5) is 48.2. The highest BCUT2D eigenvalue weighted by atomic mass is 16.6. The Morgan fingerprint density at radius 1 is 0.919 bits per heavy atom. The van der Waals surface area contributed by atoms with Gasteiger partial charge in [0.25, 0.3) is 0 Å². The third-order valence-electron chi connectivity index (χ3n) is 7.75. The van der Waals surface area contributed by atoms with Gasteiger partial charge in [0, 0.05) is 18.0 Å². The van der Waals surface area contributed by atoms with Crippen LogP contribution in [0.15, 0.2) is 0 Å². The number of aldehydes is 1. The first-order valence-electron chi connectivity index (χ1n) is 12.8. The van der Waals surface area contributed by atoms with Crippen LogP contribution in [0, 0.1) is 36.9 Å². The molecule has 0 aromatic carbocycles. The summed E-state index contributed by atoms with van der Waals surface area (Å²) in [5.74, 6) is 0.649. The standard InChI is InChI=1S/C14H24N2O2.C13H20N2O3.CH4/c1-6-11-9-13(10(4)17)16(5)14(11)12(7-2)15-18-8-3;1-5-11(14-18-6-2)13-10(8-16)7-12(9(3)17)15(13)4;/h3,11-15H,6-7,9H2,1-2,4-5H3;2,8,10-14H,5,7H2,1,3-4H3;1H4/t11-,12?,13-,14-;10-,11?,12+,13+;/m10./s1. The average molecular weight is 521 g/mol. The molecule has 0 spiro atoms. The number of Topliss-reactive ketones (excluding diaryl/α,β-unsaturated/α-hetero) is 2. The Kier molecular flexibility index (Phi) is 16.0. The van der Waals surface area contributed by atoms with E-state index in [1.807, 2.05) is 25.9 Å². The number of hydrogen-bond acceptors (Lipinski definition) is 9. The fourth-order valence-electron chi connectivity index (χ4n) is 5.86. The molecule has 37 heavy (non-hydrogen) atoms. The van der Waals surface area contributed by atoms with Gasteiger partial charge in [-0.15, -0.1) is 11.0 Å². The Morgan fingerprint density at radius 3 is 1.73 bits per heavy atom. The van der Waals surface area contributed by atoms with Crippen molar-refractivity contribution in [3.63, 3.8) is 0 Å². The van der Waals surface area contributed by atoms with Gasteiger partial charge in [-0.25, -0.2) is 0 Å². The van der Waals surface area contributed by atoms with E-state index in [0.29, 0.717) is 18.4 Å². The zero-order valence-corrected chi connectivity index (χ0v) is 22.8. The highest BCUT2D eigenvalue weighted by molar-refractivity contribution is 5.83. The predicted molar refractivity (Wildman–Crippen MR) is 146 cm³/mol. The molecule has 2 N–H and O–H groups in total. The molecular formula is C28H48N4O5. The van der Waals surface area contributed by atoms with Gasteiger partial charge in [-0.2, -0.15) is 0 Å². The van der Waals surface area contributed by atoms with Crippen molar-refractivity contribution >= 4 is 17.9 Å². The molecule has 0 aromatic heterocycles. The number of nitrogens with one attached hydrogen (secondary N) is 2. The van der Waals surface area contributed by atoms with Gasteiger partial charge < -0.3 is 14.5 Å². The van der Waals surface area contributed by atoms with Crippen LogP contribution in [0.3, 0.4) is 0 Å². The van der Waals surface area contributed by atoms with Crippen LogP contribution < -0.4 is 11.0 Å². The van der Waals surface area contributed by atoms with Crippen LogP contribution in [-0.2, 0) is 24.1 Å². The first kappa shape index (κ1) is 34.6. The summed E-state index contributed by atoms with van der Waals surface area (Å²) < 4.78 is 0. The summed E-state index contributed by atoms with van der Waals surface area (Å²) >= 11 is 0. The molecule has 0 amide bonds. The van der Waals surface area contributed by atoms with E-state index < -0.39 is 0 Å². The van der Waals surface area contributed by atoms with Crippen LogP contribution >= 0.6 is 0 Å². The summed E-state index contributed by atoms with van der Waals surface area (Å²) in [5, 5.41) is 0. The predicted octanol–water partition coefficient (Wildman–Crippen LogP) is 2.55. The normalized spacial score (nSPS) is 28.9. The fraction of sp³-hybridized carbons (Fsp3) is 0.750. The third-order valence-corrected chi connectivity index (χ3v) is 7.75. The number of carbonyl (C=O) groups excluding carboxylic acids is 3. The second-order valence-corrected chi connectivity index (χ2v) is 9.71. The Balaban J connectivity index is 0.000000682. The molecule has 0 aliphatic carbocycles. The van der Waals surface area contributed by atoms with Crippen LogP contribution in [-0.4, -0.2) is 78.0 Å². The van der Waals surface area contributed by atoms with Gasteiger partial charge in [0.2, 0.25) is 0 Å². The lowest BCUT2D eigenvalue weighted by molar-refractivity contribution is -0.122. The number of terminal acetylenes is 2. The Morgan fingerprint density at radius 2 is 1.35 bits per heavy atom. The lowest BCUT2D eigenvalue weighted by atomic mass is 9.90. The van der Waals surface area contributed by atoms with Crippen molar-refractivity contribution in [1.82, 2.24) is 20.8 Å². The number of likely N-dealkylation sites (tertiary alicyclic amines) is 2. The molecule has 2 aliphatic heterocycles. The molecule has 8 atom stereocenters. The molecule has 210 valence electrons. The summed E-state index contributed by atoms with van der Waals surface area (Å²) in [6.07, 6.45) is 19.5. The first-order chi connectivity index (χ1) is 17.1. The van der Waals surface area contributed by atoms with Crippen LogP contribution in [0.4, 0.5) is 0 Å². The second kappa shape index (κ2) is 17.1. The van der Waals surface area contributed by atoms with E-state index in [1.54, 1.807) is 13.8 Å². The Bertz CT molecular complexity index is 807. The van der Waals surface area contributed by atoms with Crippen LogP contribution in [0.1, 0.15) is 74.1 Å². The van der Waals surface area contributed by atoms with Crippen LogP contribution in [0.2, 0.25) is 0 Å². The highest BCUT2D eigenvalue weighted by Gasteiger charge is 2.45. The van der Waals surface area contributed by atoms with Gasteiger partial charge in [-0.05, 0) is 59.5 Å². The van der Waals surface area contributed by atoms with E-state index in [1.165, 1.54) is 0 Å². The van der Waals surface area contributed by atoms with Crippen molar-refractivity contribution in [3.8, 4) is 25.1 Å². The lowest BCUT2D eigenvalue weighted by Gasteiger charge is -2.32. The Labute approximate surface area is 224 Å². The smallest absolute Gasteiger partial charge is 0.146 e. The van der Waals surface area contributed by atoms with E-state index in [4.69, 9.17) is 22.5 Å². The molecule has 0 bridgehead atoms. The van der Waals surface area contributed by atoms with Crippen LogP contribution in [0.5, 0.6) is 0 Å². The molecule has 0 radical (unpaired) electrons. The number of likely N-dealkylation sites (N-methyl/N-ethyl adjacent to an activating group) is 2. The minimum atomic E-state index is -0.202. The third kappa shape index (κ3) is 8.83. The lowest BCUT2D eigenvalue weighted by Crippen LogP contribution is -2.50. The van der Waals surface area contributed by atoms with E-state index >= 15 is 0 Å². The molecule has 2 heterocycles. The zero-order chi connectivity index (χ0) is 27.4. The van der Waals surface area contributed by atoms with Gasteiger partial charge in [0.15, 0.2) is 0 Å². The zero-order valence-electron chi connectivity index (χ0n) is 22.8. The fourth-order valence-corrected chi connectivity index (χ4v) is 5.86. The van der Waals surface area contributed by atoms with E-state index in [2.05, 4.69) is 41.9 Å². The maximum atomic E-state index is 11.7. The Hall–Kier alpha value is -2.43. The maximum Gasteiger partial charge on any atom is 0.146 e. The molecule has 0 aromatic rings. The number of nitrogens with zero attached hydrogens (tertiary/aromatic N) is 2. The number of hydroxylamine groups is 2. The number of hydrogen-bond donors (Lipinski definition) is 2. The minimum Gasteiger partial charge on any atom is -0.356 e.